The first-order valence-corrected chi connectivity index (χ1v) is 12.0. The van der Waals surface area contributed by atoms with E-state index in [4.69, 9.17) is 9.94 Å². The van der Waals surface area contributed by atoms with Crippen LogP contribution >= 0.6 is 0 Å². The molecule has 0 radical (unpaired) electrons. The summed E-state index contributed by atoms with van der Waals surface area (Å²) in [4.78, 5) is 29.1. The molecule has 0 saturated heterocycles. The zero-order valence-electron chi connectivity index (χ0n) is 18.3. The summed E-state index contributed by atoms with van der Waals surface area (Å²) in [5.74, 6) is -1.35. The molecule has 0 aliphatic carbocycles. The molecule has 3 aromatic rings. The highest BCUT2D eigenvalue weighted by Crippen LogP contribution is 2.26. The molecular formula is C22H24FN3O6S. The van der Waals surface area contributed by atoms with Gasteiger partial charge < -0.3 is 9.30 Å². The number of halogens is 1. The summed E-state index contributed by atoms with van der Waals surface area (Å²) >= 11 is 0. The van der Waals surface area contributed by atoms with Gasteiger partial charge in [0.25, 0.3) is 11.5 Å². The molecule has 3 rings (SSSR count). The third-order valence-corrected chi connectivity index (χ3v) is 7.66. The Bertz CT molecular complexity index is 1360. The quantitative estimate of drug-likeness (QED) is 0.376. The normalized spacial score (nSPS) is 13.5. The minimum Gasteiger partial charge on any atom is -0.478 e. The SMILES string of the molecule is CCOc1ccc(-c2ccc3c(=O)n(CC[C@@](C)(C(=O)NO)S(C)(=O)=O)cc(F)c3c2)cn1. The third kappa shape index (κ3) is 4.74. The standard InChI is InChI=1S/C22H24FN3O6S/c1-4-32-19-8-6-15(12-24-19)14-5-7-16-17(11-14)18(23)13-26(20(16)27)10-9-22(2,21(28)25-29)33(3,30)31/h5-8,11-13,29H,4,9-10H2,1-3H3,(H,25,28)/t22-/m0/s1. The number of sulfone groups is 1. The van der Waals surface area contributed by atoms with E-state index in [-0.39, 0.29) is 23.7 Å². The first-order chi connectivity index (χ1) is 15.5. The molecule has 2 heterocycles. The van der Waals surface area contributed by atoms with Crippen molar-refractivity contribution in [1.82, 2.24) is 15.0 Å². The van der Waals surface area contributed by atoms with E-state index in [1.807, 2.05) is 6.92 Å². The van der Waals surface area contributed by atoms with E-state index >= 15 is 0 Å². The summed E-state index contributed by atoms with van der Waals surface area (Å²) < 4.78 is 43.5. The van der Waals surface area contributed by atoms with Gasteiger partial charge in [-0.25, -0.2) is 23.3 Å². The number of nitrogens with one attached hydrogen (secondary N) is 1. The number of hydrogen-bond donors (Lipinski definition) is 2. The van der Waals surface area contributed by atoms with Crippen LogP contribution in [0.1, 0.15) is 20.3 Å². The molecule has 9 nitrogen and oxygen atoms in total. The molecule has 0 unspecified atom stereocenters. The van der Waals surface area contributed by atoms with Crippen molar-refractivity contribution in [3.8, 4) is 17.0 Å². The molecule has 0 saturated carbocycles. The third-order valence-electron chi connectivity index (χ3n) is 5.63. The summed E-state index contributed by atoms with van der Waals surface area (Å²) in [5, 5.41) is 9.13. The predicted molar refractivity (Wildman–Crippen MR) is 120 cm³/mol. The molecule has 0 fully saturated rings. The highest BCUT2D eigenvalue weighted by Gasteiger charge is 2.43. The molecule has 0 aliphatic rings. The van der Waals surface area contributed by atoms with Crippen molar-refractivity contribution in [3.05, 3.63) is 58.9 Å². The van der Waals surface area contributed by atoms with Crippen LogP contribution in [0.2, 0.25) is 0 Å². The maximum absolute atomic E-state index is 14.9. The number of fused-ring (bicyclic) bond motifs is 1. The van der Waals surface area contributed by atoms with Crippen LogP contribution < -0.4 is 15.8 Å². The lowest BCUT2D eigenvalue weighted by atomic mass is 10.0. The van der Waals surface area contributed by atoms with Crippen LogP contribution in [0, 0.1) is 5.82 Å². The Morgan fingerprint density at radius 3 is 2.52 bits per heavy atom. The molecule has 2 aromatic heterocycles. The van der Waals surface area contributed by atoms with E-state index in [0.717, 1.165) is 23.9 Å². The number of hydrogen-bond acceptors (Lipinski definition) is 7. The van der Waals surface area contributed by atoms with Crippen molar-refractivity contribution in [2.24, 2.45) is 0 Å². The Hall–Kier alpha value is -3.31. The molecule has 176 valence electrons. The number of aromatic nitrogens is 2. The Morgan fingerprint density at radius 2 is 1.94 bits per heavy atom. The first kappa shape index (κ1) is 24.3. The van der Waals surface area contributed by atoms with Gasteiger partial charge in [0.05, 0.1) is 12.0 Å². The molecular weight excluding hydrogens is 453 g/mol. The van der Waals surface area contributed by atoms with Gasteiger partial charge in [-0.1, -0.05) is 6.07 Å². The van der Waals surface area contributed by atoms with Gasteiger partial charge in [-0.2, -0.15) is 0 Å². The van der Waals surface area contributed by atoms with Gasteiger partial charge in [0.1, 0.15) is 5.82 Å². The van der Waals surface area contributed by atoms with Crippen LogP contribution in [-0.2, 0) is 21.2 Å². The number of ether oxygens (including phenoxy) is 1. The smallest absolute Gasteiger partial charge is 0.264 e. The Morgan fingerprint density at radius 1 is 1.24 bits per heavy atom. The van der Waals surface area contributed by atoms with Crippen LogP contribution in [0.15, 0.2) is 47.5 Å². The number of amides is 1. The highest BCUT2D eigenvalue weighted by atomic mass is 32.2. The predicted octanol–water partition coefficient (Wildman–Crippen LogP) is 2.30. The molecule has 1 aromatic carbocycles. The summed E-state index contributed by atoms with van der Waals surface area (Å²) in [6.07, 6.45) is 3.07. The molecule has 33 heavy (non-hydrogen) atoms. The topological polar surface area (TPSA) is 128 Å². The number of nitrogens with zero attached hydrogens (tertiary/aromatic N) is 2. The van der Waals surface area contributed by atoms with Crippen molar-refractivity contribution >= 4 is 26.5 Å². The van der Waals surface area contributed by atoms with Gasteiger partial charge in [0.2, 0.25) is 5.88 Å². The van der Waals surface area contributed by atoms with Crippen molar-refractivity contribution < 1.29 is 27.5 Å². The minimum atomic E-state index is -3.95. The fraction of sp³-hybridized carbons (Fsp3) is 0.318. The summed E-state index contributed by atoms with van der Waals surface area (Å²) in [5.41, 5.74) is 2.17. The maximum atomic E-state index is 14.9. The minimum absolute atomic E-state index is 0.0987. The Kier molecular flexibility index (Phi) is 6.84. The summed E-state index contributed by atoms with van der Waals surface area (Å²) in [6.45, 7) is 3.20. The van der Waals surface area contributed by atoms with Crippen LogP contribution in [0.25, 0.3) is 21.9 Å². The number of benzene rings is 1. The van der Waals surface area contributed by atoms with Crippen LogP contribution in [0.4, 0.5) is 4.39 Å². The first-order valence-electron chi connectivity index (χ1n) is 10.1. The lowest BCUT2D eigenvalue weighted by Gasteiger charge is -2.25. The monoisotopic (exact) mass is 477 g/mol. The Labute approximate surface area is 189 Å². The molecule has 0 bridgehead atoms. The molecule has 0 spiro atoms. The molecule has 1 atom stereocenters. The lowest BCUT2D eigenvalue weighted by Crippen LogP contribution is -2.50. The van der Waals surface area contributed by atoms with Crippen LogP contribution in [0.5, 0.6) is 5.88 Å². The maximum Gasteiger partial charge on any atom is 0.264 e. The Balaban J connectivity index is 1.97. The van der Waals surface area contributed by atoms with Gasteiger partial charge >= 0.3 is 0 Å². The number of carbonyl (C=O) groups excluding carboxylic acids is 1. The number of pyridine rings is 2. The zero-order chi connectivity index (χ0) is 24.4. The number of rotatable bonds is 8. The van der Waals surface area contributed by atoms with E-state index in [9.17, 15) is 22.4 Å². The molecule has 0 aliphatic heterocycles. The van der Waals surface area contributed by atoms with Gasteiger partial charge in [0.15, 0.2) is 14.6 Å². The van der Waals surface area contributed by atoms with E-state index in [1.54, 1.807) is 24.4 Å². The largest absolute Gasteiger partial charge is 0.478 e. The number of aryl methyl sites for hydroxylation is 1. The fourth-order valence-electron chi connectivity index (χ4n) is 3.40. The van der Waals surface area contributed by atoms with Crippen molar-refractivity contribution in [3.63, 3.8) is 0 Å². The second-order valence-electron chi connectivity index (χ2n) is 7.75. The van der Waals surface area contributed by atoms with E-state index in [2.05, 4.69) is 4.98 Å². The van der Waals surface area contributed by atoms with Crippen LogP contribution in [0.3, 0.4) is 0 Å². The fourth-order valence-corrected chi connectivity index (χ4v) is 4.24. The highest BCUT2D eigenvalue weighted by molar-refractivity contribution is 7.92. The van der Waals surface area contributed by atoms with Gasteiger partial charge in [-0.15, -0.1) is 0 Å². The molecule has 11 heteroatoms. The number of carbonyl (C=O) groups is 1. The van der Waals surface area contributed by atoms with Crippen LogP contribution in [-0.4, -0.2) is 46.7 Å². The average molecular weight is 478 g/mol. The number of hydroxylamine groups is 1. The lowest BCUT2D eigenvalue weighted by molar-refractivity contribution is -0.131. The van der Waals surface area contributed by atoms with Crippen molar-refractivity contribution in [2.45, 2.75) is 31.6 Å². The van der Waals surface area contributed by atoms with E-state index < -0.39 is 31.9 Å². The molecule has 1 amide bonds. The van der Waals surface area contributed by atoms with E-state index in [1.165, 1.54) is 17.6 Å². The second kappa shape index (κ2) is 9.28. The van der Waals surface area contributed by atoms with Crippen molar-refractivity contribution in [2.75, 3.05) is 12.9 Å². The average Bonchev–Trinajstić information content (AvgIpc) is 2.79. The van der Waals surface area contributed by atoms with Crippen molar-refractivity contribution in [1.29, 1.82) is 0 Å². The van der Waals surface area contributed by atoms with E-state index in [0.29, 0.717) is 23.6 Å². The zero-order valence-corrected chi connectivity index (χ0v) is 19.1. The summed E-state index contributed by atoms with van der Waals surface area (Å²) in [6, 6.07) is 8.15. The summed E-state index contributed by atoms with van der Waals surface area (Å²) in [7, 11) is -3.95. The second-order valence-corrected chi connectivity index (χ2v) is 10.2. The van der Waals surface area contributed by atoms with Gasteiger partial charge in [-0.3, -0.25) is 14.8 Å². The molecule has 2 N–H and O–H groups in total. The van der Waals surface area contributed by atoms with Gasteiger partial charge in [0, 0.05) is 42.2 Å². The van der Waals surface area contributed by atoms with Gasteiger partial charge in [-0.05, 0) is 44.0 Å².